The topological polar surface area (TPSA) is 69.7 Å². The van der Waals surface area contributed by atoms with E-state index in [1.807, 2.05) is 0 Å². The summed E-state index contributed by atoms with van der Waals surface area (Å²) in [6.07, 6.45) is 3.30. The van der Waals surface area contributed by atoms with Gasteiger partial charge in [-0.1, -0.05) is 0 Å². The quantitative estimate of drug-likeness (QED) is 0.698. The number of hydrogen-bond acceptors (Lipinski definition) is 5. The van der Waals surface area contributed by atoms with Crippen molar-refractivity contribution < 1.29 is 22.7 Å². The highest BCUT2D eigenvalue weighted by atomic mass is 32.2. The van der Waals surface area contributed by atoms with Crippen molar-refractivity contribution in [3.8, 4) is 0 Å². The number of rotatable bonds is 5. The second-order valence-electron chi connectivity index (χ2n) is 5.40. The van der Waals surface area contributed by atoms with E-state index in [0.717, 1.165) is 19.3 Å². The molecule has 0 aromatic rings. The van der Waals surface area contributed by atoms with Gasteiger partial charge in [0.05, 0.1) is 31.1 Å². The number of ether oxygens (including phenoxy) is 2. The maximum atomic E-state index is 12.3. The van der Waals surface area contributed by atoms with Crippen LogP contribution in [0.2, 0.25) is 0 Å². The highest BCUT2D eigenvalue weighted by Gasteiger charge is 2.49. The Labute approximate surface area is 108 Å². The monoisotopic (exact) mass is 276 g/mol. The molecular formula is C12H20O5S. The zero-order valence-electron chi connectivity index (χ0n) is 10.7. The summed E-state index contributed by atoms with van der Waals surface area (Å²) in [5.41, 5.74) is -0.358. The lowest BCUT2D eigenvalue weighted by atomic mass is 10.1. The molecule has 18 heavy (non-hydrogen) atoms. The highest BCUT2D eigenvalue weighted by molar-refractivity contribution is 7.92. The number of methoxy groups -OCH3 is 1. The Morgan fingerprint density at radius 3 is 2.67 bits per heavy atom. The van der Waals surface area contributed by atoms with E-state index in [-0.39, 0.29) is 28.8 Å². The van der Waals surface area contributed by atoms with Crippen molar-refractivity contribution in [2.24, 2.45) is 5.41 Å². The Morgan fingerprint density at radius 2 is 2.17 bits per heavy atom. The van der Waals surface area contributed by atoms with Gasteiger partial charge >= 0.3 is 5.97 Å². The summed E-state index contributed by atoms with van der Waals surface area (Å²) in [4.78, 5) is 11.3. The molecule has 0 bridgehead atoms. The zero-order chi connectivity index (χ0) is 13.2. The second kappa shape index (κ2) is 5.17. The maximum absolute atomic E-state index is 12.3. The molecule has 2 fully saturated rings. The normalized spacial score (nSPS) is 26.6. The molecule has 1 saturated carbocycles. The van der Waals surface area contributed by atoms with Crippen molar-refractivity contribution >= 4 is 15.8 Å². The van der Waals surface area contributed by atoms with E-state index in [0.29, 0.717) is 19.6 Å². The summed E-state index contributed by atoms with van der Waals surface area (Å²) in [6.45, 7) is 0.954. The Balaban J connectivity index is 1.97. The van der Waals surface area contributed by atoms with Crippen LogP contribution in [0, 0.1) is 5.41 Å². The number of carbonyl (C=O) groups excluding carboxylic acids is 1. The highest BCUT2D eigenvalue weighted by Crippen LogP contribution is 2.50. The molecule has 1 unspecified atom stereocenters. The fourth-order valence-corrected chi connectivity index (χ4v) is 4.78. The molecule has 2 rings (SSSR count). The zero-order valence-corrected chi connectivity index (χ0v) is 11.5. The summed E-state index contributed by atoms with van der Waals surface area (Å²) < 4.78 is 34.4. The van der Waals surface area contributed by atoms with E-state index >= 15 is 0 Å². The van der Waals surface area contributed by atoms with E-state index in [4.69, 9.17) is 4.74 Å². The Morgan fingerprint density at radius 1 is 1.44 bits per heavy atom. The van der Waals surface area contributed by atoms with E-state index in [1.165, 1.54) is 7.11 Å². The van der Waals surface area contributed by atoms with Gasteiger partial charge in [0.2, 0.25) is 0 Å². The first kappa shape index (κ1) is 13.8. The first-order valence-electron chi connectivity index (χ1n) is 6.34. The van der Waals surface area contributed by atoms with Crippen LogP contribution in [0.1, 0.15) is 32.1 Å². The van der Waals surface area contributed by atoms with Crippen LogP contribution in [-0.2, 0) is 24.1 Å². The van der Waals surface area contributed by atoms with Crippen LogP contribution in [0.4, 0.5) is 0 Å². The molecule has 0 amide bonds. The molecule has 0 N–H and O–H groups in total. The molecule has 0 radical (unpaired) electrons. The lowest BCUT2D eigenvalue weighted by Gasteiger charge is -2.24. The third-order valence-corrected chi connectivity index (χ3v) is 6.24. The van der Waals surface area contributed by atoms with Crippen LogP contribution < -0.4 is 0 Å². The van der Waals surface area contributed by atoms with Crippen LogP contribution in [0.5, 0.6) is 0 Å². The molecule has 1 aliphatic carbocycles. The molecule has 2 aliphatic rings. The van der Waals surface area contributed by atoms with Gasteiger partial charge in [0.25, 0.3) is 0 Å². The lowest BCUT2D eigenvalue weighted by Crippen LogP contribution is -2.35. The molecule has 0 spiro atoms. The summed E-state index contributed by atoms with van der Waals surface area (Å²) >= 11 is 0. The van der Waals surface area contributed by atoms with Crippen molar-refractivity contribution in [3.05, 3.63) is 0 Å². The van der Waals surface area contributed by atoms with Crippen molar-refractivity contribution in [2.75, 3.05) is 26.1 Å². The van der Waals surface area contributed by atoms with Gasteiger partial charge in [-0.05, 0) is 31.1 Å². The fraction of sp³-hybridized carbons (Fsp3) is 0.917. The molecule has 1 heterocycles. The molecule has 0 aromatic heterocycles. The first-order valence-corrected chi connectivity index (χ1v) is 8.05. The average molecular weight is 276 g/mol. The molecule has 1 aliphatic heterocycles. The van der Waals surface area contributed by atoms with Gasteiger partial charge in [-0.15, -0.1) is 0 Å². The van der Waals surface area contributed by atoms with E-state index < -0.39 is 9.84 Å². The summed E-state index contributed by atoms with van der Waals surface area (Å²) in [5.74, 6) is -0.217. The van der Waals surface area contributed by atoms with Gasteiger partial charge in [-0.25, -0.2) is 8.42 Å². The second-order valence-corrected chi connectivity index (χ2v) is 7.68. The molecule has 1 atom stereocenters. The molecular weight excluding hydrogens is 256 g/mol. The van der Waals surface area contributed by atoms with Crippen molar-refractivity contribution in [1.29, 1.82) is 0 Å². The lowest BCUT2D eigenvalue weighted by molar-refractivity contribution is -0.141. The number of hydrogen-bond donors (Lipinski definition) is 0. The van der Waals surface area contributed by atoms with Crippen LogP contribution in [-0.4, -0.2) is 45.7 Å². The van der Waals surface area contributed by atoms with Gasteiger partial charge < -0.3 is 9.47 Å². The van der Waals surface area contributed by atoms with Crippen LogP contribution in [0.15, 0.2) is 0 Å². The van der Waals surface area contributed by atoms with E-state index in [1.54, 1.807) is 0 Å². The molecule has 1 saturated heterocycles. The Bertz CT molecular complexity index is 404. The molecule has 6 heteroatoms. The van der Waals surface area contributed by atoms with Gasteiger partial charge in [0.15, 0.2) is 9.84 Å². The van der Waals surface area contributed by atoms with Crippen LogP contribution in [0.25, 0.3) is 0 Å². The molecule has 0 aromatic carbocycles. The minimum atomic E-state index is -3.17. The van der Waals surface area contributed by atoms with Crippen LogP contribution >= 0.6 is 0 Å². The maximum Gasteiger partial charge on any atom is 0.306 e. The minimum absolute atomic E-state index is 0.100. The summed E-state index contributed by atoms with van der Waals surface area (Å²) in [7, 11) is -1.83. The van der Waals surface area contributed by atoms with Crippen LogP contribution in [0.3, 0.4) is 0 Å². The third kappa shape index (κ3) is 3.23. The standard InChI is InChI=1S/C12H20O5S/c1-16-11(13)7-12(4-5-12)9-18(14,15)10-3-2-6-17-8-10/h10H,2-9H2,1H3. The predicted octanol–water partition coefficient (Wildman–Crippen LogP) is 0.923. The number of sulfone groups is 1. The minimum Gasteiger partial charge on any atom is -0.469 e. The smallest absolute Gasteiger partial charge is 0.306 e. The number of carbonyl (C=O) groups is 1. The average Bonchev–Trinajstić information content (AvgIpc) is 3.08. The van der Waals surface area contributed by atoms with Gasteiger partial charge in [0, 0.05) is 6.61 Å². The SMILES string of the molecule is COC(=O)CC1(CS(=O)(=O)C2CCCOC2)CC1. The third-order valence-electron chi connectivity index (χ3n) is 3.84. The Hall–Kier alpha value is -0.620. The van der Waals surface area contributed by atoms with Gasteiger partial charge in [-0.3, -0.25) is 4.79 Å². The molecule has 5 nitrogen and oxygen atoms in total. The van der Waals surface area contributed by atoms with E-state index in [9.17, 15) is 13.2 Å². The first-order chi connectivity index (χ1) is 8.47. The summed E-state index contributed by atoms with van der Waals surface area (Å²) in [5, 5.41) is -0.388. The Kier molecular flexibility index (Phi) is 3.96. The van der Waals surface area contributed by atoms with Crippen molar-refractivity contribution in [3.63, 3.8) is 0 Å². The van der Waals surface area contributed by atoms with Crippen molar-refractivity contribution in [2.45, 2.75) is 37.4 Å². The predicted molar refractivity (Wildman–Crippen MR) is 65.9 cm³/mol. The largest absolute Gasteiger partial charge is 0.469 e. The summed E-state index contributed by atoms with van der Waals surface area (Å²) in [6, 6.07) is 0. The van der Waals surface area contributed by atoms with E-state index in [2.05, 4.69) is 4.74 Å². The number of esters is 1. The fourth-order valence-electron chi connectivity index (χ4n) is 2.47. The van der Waals surface area contributed by atoms with Crippen molar-refractivity contribution in [1.82, 2.24) is 0 Å². The van der Waals surface area contributed by atoms with Gasteiger partial charge in [-0.2, -0.15) is 0 Å². The van der Waals surface area contributed by atoms with Gasteiger partial charge in [0.1, 0.15) is 0 Å². The molecule has 104 valence electrons.